The molecule has 1 amide bonds. The average molecular weight is 527 g/mol. The molecular formula is C25H30N6O5S. The molecule has 0 spiro atoms. The van der Waals surface area contributed by atoms with E-state index < -0.39 is 15.9 Å². The van der Waals surface area contributed by atoms with E-state index in [0.29, 0.717) is 69.4 Å². The molecule has 0 saturated heterocycles. The van der Waals surface area contributed by atoms with Gasteiger partial charge in [-0.15, -0.1) is 0 Å². The zero-order chi connectivity index (χ0) is 26.1. The normalized spacial score (nSPS) is 17.8. The highest BCUT2D eigenvalue weighted by Crippen LogP contribution is 2.22. The van der Waals surface area contributed by atoms with Crippen molar-refractivity contribution >= 4 is 27.4 Å². The average Bonchev–Trinajstić information content (AvgIpc) is 2.89. The molecule has 37 heavy (non-hydrogen) atoms. The van der Waals surface area contributed by atoms with E-state index in [9.17, 15) is 13.2 Å². The van der Waals surface area contributed by atoms with Gasteiger partial charge in [-0.3, -0.25) is 4.79 Å². The first kappa shape index (κ1) is 26.6. The zero-order valence-corrected chi connectivity index (χ0v) is 21.1. The van der Waals surface area contributed by atoms with Crippen LogP contribution in [0.2, 0.25) is 0 Å². The lowest BCUT2D eigenvalue weighted by Crippen LogP contribution is -2.28. The lowest BCUT2D eigenvalue weighted by atomic mass is 10.1. The molecule has 196 valence electrons. The molecule has 6 bridgehead atoms. The molecule has 2 aliphatic rings. The van der Waals surface area contributed by atoms with Crippen molar-refractivity contribution < 1.29 is 22.7 Å². The Morgan fingerprint density at radius 2 is 1.76 bits per heavy atom. The summed E-state index contributed by atoms with van der Waals surface area (Å²) in [5, 5.41) is 6.02. The van der Waals surface area contributed by atoms with Crippen molar-refractivity contribution in [2.75, 3.05) is 50.5 Å². The number of fused-ring (bicyclic) bond motifs is 15. The largest absolute Gasteiger partial charge is 0.382 e. The number of ether oxygens (including phenoxy) is 2. The fourth-order valence-corrected chi connectivity index (χ4v) is 4.70. The molecular weight excluding hydrogens is 496 g/mol. The molecule has 5 rings (SSSR count). The molecule has 11 nitrogen and oxygen atoms in total. The molecule has 0 atom stereocenters. The van der Waals surface area contributed by atoms with Crippen LogP contribution in [0.3, 0.4) is 0 Å². The number of hydrogen-bond acceptors (Lipinski definition) is 9. The summed E-state index contributed by atoms with van der Waals surface area (Å²) >= 11 is 0. The van der Waals surface area contributed by atoms with Crippen molar-refractivity contribution in [2.24, 2.45) is 0 Å². The van der Waals surface area contributed by atoms with Crippen molar-refractivity contribution in [1.82, 2.24) is 20.0 Å². The minimum atomic E-state index is -3.66. The Kier molecular flexibility index (Phi) is 9.14. The third-order valence-corrected chi connectivity index (χ3v) is 7.02. The number of carbonyl (C=O) groups is 1. The highest BCUT2D eigenvalue weighted by molar-refractivity contribution is 7.89. The smallest absolute Gasteiger partial charge is 0.278 e. The summed E-state index contributed by atoms with van der Waals surface area (Å²) < 4.78 is 39.1. The summed E-state index contributed by atoms with van der Waals surface area (Å²) in [5.41, 5.74) is 8.34. The molecule has 0 fully saturated rings. The number of carbonyl (C=O) groups excluding carboxylic acids is 1. The number of rotatable bonds is 0. The third-order valence-electron chi connectivity index (χ3n) is 5.55. The van der Waals surface area contributed by atoms with Crippen LogP contribution in [0.15, 0.2) is 59.6 Å². The van der Waals surface area contributed by atoms with Crippen LogP contribution in [0.1, 0.15) is 22.5 Å². The van der Waals surface area contributed by atoms with Crippen LogP contribution in [0, 0.1) is 0 Å². The van der Waals surface area contributed by atoms with Crippen LogP contribution >= 0.6 is 0 Å². The molecule has 5 N–H and O–H groups in total. The van der Waals surface area contributed by atoms with E-state index in [4.69, 9.17) is 15.2 Å². The first-order valence-corrected chi connectivity index (χ1v) is 13.4. The Morgan fingerprint density at radius 1 is 0.946 bits per heavy atom. The minimum Gasteiger partial charge on any atom is -0.382 e. The maximum absolute atomic E-state index is 12.9. The van der Waals surface area contributed by atoms with Gasteiger partial charge in [0.2, 0.25) is 10.0 Å². The minimum absolute atomic E-state index is 0.0176. The number of nitrogens with one attached hydrogen (secondary N) is 3. The van der Waals surface area contributed by atoms with E-state index >= 15 is 0 Å². The predicted molar refractivity (Wildman–Crippen MR) is 139 cm³/mol. The second-order valence-corrected chi connectivity index (χ2v) is 10.1. The fourth-order valence-electron chi connectivity index (χ4n) is 3.62. The van der Waals surface area contributed by atoms with Crippen molar-refractivity contribution in [3.05, 3.63) is 66.0 Å². The van der Waals surface area contributed by atoms with E-state index in [2.05, 4.69) is 25.3 Å². The van der Waals surface area contributed by atoms with Crippen LogP contribution in [0.25, 0.3) is 11.3 Å². The molecule has 0 aliphatic carbocycles. The van der Waals surface area contributed by atoms with Crippen LogP contribution in [-0.4, -0.2) is 63.7 Å². The van der Waals surface area contributed by atoms with Crippen LogP contribution in [0.5, 0.6) is 0 Å². The monoisotopic (exact) mass is 526 g/mol. The number of nitrogens with two attached hydrogens (primary N) is 1. The second-order valence-electron chi connectivity index (χ2n) is 8.33. The lowest BCUT2D eigenvalue weighted by molar-refractivity contribution is 0.0417. The van der Waals surface area contributed by atoms with Crippen LogP contribution in [0.4, 0.5) is 11.5 Å². The molecule has 0 radical (unpaired) electrons. The van der Waals surface area contributed by atoms with Crippen LogP contribution < -0.4 is 21.1 Å². The Morgan fingerprint density at radius 3 is 2.59 bits per heavy atom. The standard InChI is InChI=1S/C25H30N6O5S/c26-24-23-25(32)30-20-4-1-3-18(15-20)17-36-14-13-35-12-11-27-9-2-10-29-37(33,34)21-7-5-19(6-8-21)22(31-23)16-28-24/h1,3-8,15-16,27,29H,2,9-14,17H2,(H2,26,28)(H,30,32). The number of sulfonamides is 1. The van der Waals surface area contributed by atoms with Crippen LogP contribution in [-0.2, 0) is 26.1 Å². The number of nitrogens with zero attached hydrogens (tertiary/aromatic N) is 2. The van der Waals surface area contributed by atoms with Gasteiger partial charge >= 0.3 is 0 Å². The summed E-state index contributed by atoms with van der Waals surface area (Å²) in [6.45, 7) is 3.38. The first-order chi connectivity index (χ1) is 17.9. The Hall–Kier alpha value is -3.42. The summed E-state index contributed by atoms with van der Waals surface area (Å²) in [6, 6.07) is 13.5. The van der Waals surface area contributed by atoms with Gasteiger partial charge in [0.05, 0.1) is 43.2 Å². The summed E-state index contributed by atoms with van der Waals surface area (Å²) in [4.78, 5) is 21.6. The van der Waals surface area contributed by atoms with E-state index in [1.165, 1.54) is 18.3 Å². The Bertz CT molecular complexity index is 1320. The molecule has 0 saturated carbocycles. The number of benzene rings is 2. The van der Waals surface area contributed by atoms with Gasteiger partial charge in [-0.05, 0) is 42.8 Å². The van der Waals surface area contributed by atoms with Crippen molar-refractivity contribution in [2.45, 2.75) is 17.9 Å². The van der Waals surface area contributed by atoms with Gasteiger partial charge in [-0.25, -0.2) is 23.1 Å². The topological polar surface area (TPSA) is 158 Å². The van der Waals surface area contributed by atoms with Crippen molar-refractivity contribution in [3.63, 3.8) is 0 Å². The number of aromatic nitrogens is 2. The molecule has 1 aromatic heterocycles. The maximum atomic E-state index is 12.9. The van der Waals surface area contributed by atoms with Gasteiger partial charge in [0.1, 0.15) is 0 Å². The Labute approximate surface area is 215 Å². The molecule has 12 heteroatoms. The number of hydrogen-bond donors (Lipinski definition) is 4. The molecule has 3 aromatic rings. The Balaban J connectivity index is 1.56. The highest BCUT2D eigenvalue weighted by atomic mass is 32.2. The maximum Gasteiger partial charge on any atom is 0.278 e. The number of nitrogen functional groups attached to an aromatic ring is 1. The SMILES string of the molecule is Nc1ncc2nc1C(=O)Nc1cccc(c1)COCCOCCNCCCNS(=O)(=O)c1ccc-2cc1. The second kappa shape index (κ2) is 12.7. The zero-order valence-electron chi connectivity index (χ0n) is 20.3. The summed E-state index contributed by atoms with van der Waals surface area (Å²) in [5.74, 6) is -0.531. The van der Waals surface area contributed by atoms with Gasteiger partial charge in [0.25, 0.3) is 5.91 Å². The van der Waals surface area contributed by atoms with Gasteiger partial charge < -0.3 is 25.8 Å². The quantitative estimate of drug-likeness (QED) is 0.321. The summed E-state index contributed by atoms with van der Waals surface area (Å²) in [7, 11) is -3.66. The van der Waals surface area contributed by atoms with Gasteiger partial charge in [-0.2, -0.15) is 0 Å². The predicted octanol–water partition coefficient (Wildman–Crippen LogP) is 1.78. The molecule has 0 unspecified atom stereocenters. The van der Waals surface area contributed by atoms with Crippen molar-refractivity contribution in [3.8, 4) is 11.3 Å². The molecule has 3 heterocycles. The van der Waals surface area contributed by atoms with Crippen molar-refractivity contribution in [1.29, 1.82) is 0 Å². The first-order valence-electron chi connectivity index (χ1n) is 11.9. The highest BCUT2D eigenvalue weighted by Gasteiger charge is 2.17. The van der Waals surface area contributed by atoms with E-state index in [1.807, 2.05) is 18.2 Å². The number of anilines is 2. The molecule has 2 aliphatic heterocycles. The van der Waals surface area contributed by atoms with Gasteiger partial charge in [0.15, 0.2) is 11.5 Å². The van der Waals surface area contributed by atoms with E-state index in [1.54, 1.807) is 18.2 Å². The summed E-state index contributed by atoms with van der Waals surface area (Å²) in [6.07, 6.45) is 2.07. The van der Waals surface area contributed by atoms with E-state index in [0.717, 1.165) is 5.56 Å². The third kappa shape index (κ3) is 7.54. The van der Waals surface area contributed by atoms with Gasteiger partial charge in [0, 0.05) is 24.3 Å². The number of amides is 1. The van der Waals surface area contributed by atoms with Gasteiger partial charge in [-0.1, -0.05) is 24.3 Å². The fraction of sp³-hybridized carbons (Fsp3) is 0.320. The lowest BCUT2D eigenvalue weighted by Gasteiger charge is -2.10. The molecule has 2 aromatic carbocycles. The van der Waals surface area contributed by atoms with E-state index in [-0.39, 0.29) is 16.4 Å².